The van der Waals surface area contributed by atoms with Gasteiger partial charge in [-0.1, -0.05) is 18.2 Å². The highest BCUT2D eigenvalue weighted by Crippen LogP contribution is 2.34. The maximum atomic E-state index is 14.7. The number of phenols is 1. The van der Waals surface area contributed by atoms with Crippen LogP contribution in [-0.4, -0.2) is 56.2 Å². The van der Waals surface area contributed by atoms with Crippen molar-refractivity contribution in [1.82, 2.24) is 20.1 Å². The van der Waals surface area contributed by atoms with E-state index < -0.39 is 24.4 Å². The number of nitrogens with one attached hydrogen (secondary N) is 1. The van der Waals surface area contributed by atoms with Gasteiger partial charge in [-0.15, -0.1) is 0 Å². The van der Waals surface area contributed by atoms with E-state index in [1.54, 1.807) is 42.6 Å². The molecular weight excluding hydrogens is 430 g/mol. The molecule has 1 fully saturated rings. The third-order valence-corrected chi connectivity index (χ3v) is 5.73. The summed E-state index contributed by atoms with van der Waals surface area (Å²) in [5.74, 6) is -3.85. The average molecular weight is 450 g/mol. The number of alkyl halides is 2. The lowest BCUT2D eigenvalue weighted by Gasteiger charge is -2.38. The zero-order chi connectivity index (χ0) is 23.0. The minimum atomic E-state index is -3.14. The summed E-state index contributed by atoms with van der Waals surface area (Å²) in [5, 5.41) is 17.8. The molecule has 1 saturated heterocycles. The monoisotopic (exact) mass is 450 g/mol. The van der Waals surface area contributed by atoms with E-state index in [1.807, 2.05) is 12.1 Å². The Hall–Kier alpha value is -4.01. The van der Waals surface area contributed by atoms with Crippen LogP contribution in [0, 0.1) is 0 Å². The molecule has 168 valence electrons. The lowest BCUT2D eigenvalue weighted by Crippen LogP contribution is -2.55. The molecule has 7 nitrogen and oxygen atoms in total. The number of fused-ring (bicyclic) bond motifs is 1. The quantitative estimate of drug-likeness (QED) is 0.485. The van der Waals surface area contributed by atoms with E-state index in [2.05, 4.69) is 15.2 Å². The summed E-state index contributed by atoms with van der Waals surface area (Å²) in [6.07, 6.45) is -0.557. The van der Waals surface area contributed by atoms with Crippen LogP contribution in [0.15, 0.2) is 66.9 Å². The minimum absolute atomic E-state index is 0.0231. The van der Waals surface area contributed by atoms with Gasteiger partial charge in [-0.25, -0.2) is 13.8 Å². The zero-order valence-electron chi connectivity index (χ0n) is 17.4. The van der Waals surface area contributed by atoms with Crippen LogP contribution in [-0.2, 0) is 0 Å². The molecule has 1 aliphatic heterocycles. The Labute approximate surface area is 187 Å². The molecule has 2 aromatic carbocycles. The summed E-state index contributed by atoms with van der Waals surface area (Å²) in [6, 6.07) is 16.9. The second-order valence-corrected chi connectivity index (χ2v) is 7.91. The van der Waals surface area contributed by atoms with Crippen LogP contribution in [0.5, 0.6) is 11.6 Å². The Balaban J connectivity index is 1.38. The van der Waals surface area contributed by atoms with Crippen molar-refractivity contribution < 1.29 is 23.4 Å². The van der Waals surface area contributed by atoms with Crippen LogP contribution in [0.3, 0.4) is 0 Å². The molecule has 0 aliphatic carbocycles. The number of carbonyl (C=O) groups excluding carboxylic acids is 1. The van der Waals surface area contributed by atoms with Crippen molar-refractivity contribution in [3.8, 4) is 22.9 Å². The van der Waals surface area contributed by atoms with Crippen LogP contribution < -0.4 is 4.74 Å². The molecule has 1 atom stereocenters. The number of ether oxygens (including phenoxy) is 1. The molecule has 1 amide bonds. The van der Waals surface area contributed by atoms with Crippen LogP contribution in [0.25, 0.3) is 22.2 Å². The normalized spacial score (nSPS) is 17.8. The molecule has 9 heteroatoms. The second-order valence-electron chi connectivity index (χ2n) is 7.91. The largest absolute Gasteiger partial charge is 0.507 e. The molecule has 5 rings (SSSR count). The van der Waals surface area contributed by atoms with Gasteiger partial charge < -0.3 is 14.7 Å². The third-order valence-electron chi connectivity index (χ3n) is 5.73. The number of hydrogen-bond donors (Lipinski definition) is 2. The van der Waals surface area contributed by atoms with Crippen LogP contribution in [0.4, 0.5) is 8.78 Å². The van der Waals surface area contributed by atoms with Crippen molar-refractivity contribution in [1.29, 1.82) is 0 Å². The van der Waals surface area contributed by atoms with Crippen LogP contribution >= 0.6 is 0 Å². The number of benzene rings is 2. The van der Waals surface area contributed by atoms with Gasteiger partial charge in [-0.05, 0) is 36.4 Å². The van der Waals surface area contributed by atoms with Gasteiger partial charge in [0.05, 0.1) is 23.3 Å². The molecule has 0 radical (unpaired) electrons. The summed E-state index contributed by atoms with van der Waals surface area (Å²) >= 11 is 0. The Bertz CT molecular complexity index is 1310. The molecule has 1 unspecified atom stereocenters. The topological polar surface area (TPSA) is 91.3 Å². The van der Waals surface area contributed by atoms with E-state index in [0.29, 0.717) is 16.8 Å². The number of hydrogen-bond acceptors (Lipinski definition) is 5. The van der Waals surface area contributed by atoms with E-state index in [0.717, 1.165) is 5.39 Å². The van der Waals surface area contributed by atoms with Crippen molar-refractivity contribution in [3.63, 3.8) is 0 Å². The lowest BCUT2D eigenvalue weighted by atomic mass is 10.0. The van der Waals surface area contributed by atoms with Crippen molar-refractivity contribution in [2.24, 2.45) is 0 Å². The number of aromatic nitrogens is 3. The molecule has 2 aromatic heterocycles. The number of amides is 1. The number of aromatic hydroxyl groups is 1. The predicted octanol–water partition coefficient (Wildman–Crippen LogP) is 4.26. The molecular formula is C24H20F2N4O3. The zero-order valence-corrected chi connectivity index (χ0v) is 17.4. The van der Waals surface area contributed by atoms with E-state index in [1.165, 1.54) is 17.0 Å². The standard InChI is InChI=1S/C24H20F2N4O3/c25-24(26)10-12-30(14-21(24)33-22-8-6-15-3-1-2-4-18(15)28-22)23(32)17-13-16(5-7-20(17)31)19-9-11-27-29-19/h1-9,11,13,21,31H,10,12,14H2,(H,27,29). The summed E-state index contributed by atoms with van der Waals surface area (Å²) in [5.41, 5.74) is 1.96. The summed E-state index contributed by atoms with van der Waals surface area (Å²) in [6.45, 7) is -0.501. The SMILES string of the molecule is O=C(c1cc(-c2ccn[nH]2)ccc1O)N1CCC(F)(F)C(Oc2ccc3ccccc3n2)C1. The van der Waals surface area contributed by atoms with Gasteiger partial charge in [0.2, 0.25) is 5.88 Å². The Morgan fingerprint density at radius 3 is 2.82 bits per heavy atom. The van der Waals surface area contributed by atoms with Gasteiger partial charge in [-0.2, -0.15) is 5.10 Å². The van der Waals surface area contributed by atoms with Crippen LogP contribution in [0.1, 0.15) is 16.8 Å². The molecule has 33 heavy (non-hydrogen) atoms. The van der Waals surface area contributed by atoms with Gasteiger partial charge in [0.1, 0.15) is 5.75 Å². The van der Waals surface area contributed by atoms with Crippen LogP contribution in [0.2, 0.25) is 0 Å². The van der Waals surface area contributed by atoms with E-state index in [9.17, 15) is 18.7 Å². The van der Waals surface area contributed by atoms with E-state index >= 15 is 0 Å². The molecule has 4 aromatic rings. The van der Waals surface area contributed by atoms with Crippen molar-refractivity contribution in [2.45, 2.75) is 18.4 Å². The average Bonchev–Trinajstić information content (AvgIpc) is 3.35. The third kappa shape index (κ3) is 4.09. The second kappa shape index (κ2) is 8.16. The molecule has 3 heterocycles. The number of piperidine rings is 1. The highest BCUT2D eigenvalue weighted by Gasteiger charge is 2.47. The first-order chi connectivity index (χ1) is 15.9. The van der Waals surface area contributed by atoms with Crippen molar-refractivity contribution in [3.05, 3.63) is 72.4 Å². The first-order valence-electron chi connectivity index (χ1n) is 10.4. The molecule has 0 spiro atoms. The molecule has 1 aliphatic rings. The number of carbonyl (C=O) groups is 1. The Morgan fingerprint density at radius 1 is 1.15 bits per heavy atom. The number of H-pyrrole nitrogens is 1. The van der Waals surface area contributed by atoms with Gasteiger partial charge in [0, 0.05) is 36.2 Å². The number of aromatic amines is 1. The predicted molar refractivity (Wildman–Crippen MR) is 117 cm³/mol. The van der Waals surface area contributed by atoms with Crippen molar-refractivity contribution in [2.75, 3.05) is 13.1 Å². The number of phenolic OH excluding ortho intramolecular Hbond substituents is 1. The van der Waals surface area contributed by atoms with E-state index in [4.69, 9.17) is 4.74 Å². The lowest BCUT2D eigenvalue weighted by molar-refractivity contribution is -0.131. The molecule has 0 bridgehead atoms. The smallest absolute Gasteiger partial charge is 0.287 e. The fourth-order valence-corrected chi connectivity index (χ4v) is 3.90. The first-order valence-corrected chi connectivity index (χ1v) is 10.4. The minimum Gasteiger partial charge on any atom is -0.507 e. The fraction of sp³-hybridized carbons (Fsp3) is 0.208. The van der Waals surface area contributed by atoms with Gasteiger partial charge >= 0.3 is 0 Å². The van der Waals surface area contributed by atoms with Gasteiger partial charge in [-0.3, -0.25) is 9.89 Å². The number of para-hydroxylation sites is 1. The number of nitrogens with zero attached hydrogens (tertiary/aromatic N) is 3. The maximum Gasteiger partial charge on any atom is 0.287 e. The molecule has 0 saturated carbocycles. The Morgan fingerprint density at radius 2 is 2.00 bits per heavy atom. The van der Waals surface area contributed by atoms with Gasteiger partial charge in [0.25, 0.3) is 11.8 Å². The Kier molecular flexibility index (Phi) is 5.16. The summed E-state index contributed by atoms with van der Waals surface area (Å²) < 4.78 is 34.9. The number of halogens is 2. The number of pyridine rings is 1. The first kappa shape index (κ1) is 20.9. The highest BCUT2D eigenvalue weighted by atomic mass is 19.3. The highest BCUT2D eigenvalue weighted by molar-refractivity contribution is 5.98. The summed E-state index contributed by atoms with van der Waals surface area (Å²) in [7, 11) is 0. The van der Waals surface area contributed by atoms with E-state index in [-0.39, 0.29) is 30.3 Å². The fourth-order valence-electron chi connectivity index (χ4n) is 3.90. The molecule has 2 N–H and O–H groups in total. The van der Waals surface area contributed by atoms with Gasteiger partial charge in [0.15, 0.2) is 6.10 Å². The number of rotatable bonds is 4. The maximum absolute atomic E-state index is 14.7. The number of likely N-dealkylation sites (tertiary alicyclic amines) is 1. The van der Waals surface area contributed by atoms with Crippen molar-refractivity contribution >= 4 is 16.8 Å². The summed E-state index contributed by atoms with van der Waals surface area (Å²) in [4.78, 5) is 18.7.